The lowest BCUT2D eigenvalue weighted by Crippen LogP contribution is -2.47. The van der Waals surface area contributed by atoms with Crippen molar-refractivity contribution in [1.29, 1.82) is 5.26 Å². The van der Waals surface area contributed by atoms with E-state index in [0.29, 0.717) is 11.3 Å². The molecule has 10 heteroatoms. The summed E-state index contributed by atoms with van der Waals surface area (Å²) in [6.45, 7) is 11.1. The Morgan fingerprint density at radius 2 is 1.90 bits per heavy atom. The Balaban J connectivity index is 1.35. The van der Waals surface area contributed by atoms with E-state index in [1.807, 2.05) is 75.4 Å². The number of piperazine rings is 1. The number of methoxy groups -OCH3 is 1. The second kappa shape index (κ2) is 12.9. The molecular weight excluding hydrogens is 546 g/mol. The number of benzene rings is 2. The van der Waals surface area contributed by atoms with Gasteiger partial charge < -0.3 is 15.0 Å². The number of nitrogens with one attached hydrogen (secondary N) is 1. The molecule has 9 nitrogen and oxygen atoms in total. The minimum Gasteiger partial charge on any atom is -0.383 e. The highest BCUT2D eigenvalue weighted by Crippen LogP contribution is 2.34. The van der Waals surface area contributed by atoms with E-state index in [-0.39, 0.29) is 5.91 Å². The van der Waals surface area contributed by atoms with Crippen LogP contribution in [0.1, 0.15) is 35.3 Å². The Labute approximate surface area is 250 Å². The maximum absolute atomic E-state index is 13.2. The van der Waals surface area contributed by atoms with E-state index in [0.717, 1.165) is 77.2 Å². The highest BCUT2D eigenvalue weighted by molar-refractivity contribution is 7.99. The van der Waals surface area contributed by atoms with Crippen LogP contribution in [0.25, 0.3) is 11.0 Å². The maximum atomic E-state index is 13.2. The zero-order chi connectivity index (χ0) is 29.7. The fourth-order valence-electron chi connectivity index (χ4n) is 4.79. The van der Waals surface area contributed by atoms with Gasteiger partial charge in [0.1, 0.15) is 22.7 Å². The minimum absolute atomic E-state index is 0.221. The summed E-state index contributed by atoms with van der Waals surface area (Å²) in [4.78, 5) is 32.9. The second-order valence-corrected chi connectivity index (χ2v) is 11.9. The third-order valence-electron chi connectivity index (χ3n) is 7.52. The van der Waals surface area contributed by atoms with Crippen LogP contribution in [-0.2, 0) is 10.2 Å². The number of aryl methyl sites for hydroxylation is 1. The zero-order valence-corrected chi connectivity index (χ0v) is 25.2. The van der Waals surface area contributed by atoms with Crippen molar-refractivity contribution in [2.75, 3.05) is 56.7 Å². The number of rotatable bonds is 9. The molecule has 42 heavy (non-hydrogen) atoms. The number of hydrogen-bond donors (Lipinski definition) is 1. The smallest absolute Gasteiger partial charge is 0.255 e. The summed E-state index contributed by atoms with van der Waals surface area (Å²) >= 11 is 1.48. The molecule has 216 valence electrons. The van der Waals surface area contributed by atoms with Crippen LogP contribution in [0.15, 0.2) is 70.8 Å². The van der Waals surface area contributed by atoms with E-state index in [2.05, 4.69) is 31.2 Å². The van der Waals surface area contributed by atoms with Crippen LogP contribution in [0, 0.1) is 18.3 Å². The summed E-state index contributed by atoms with van der Waals surface area (Å²) in [5.41, 5.74) is 3.93. The van der Waals surface area contributed by atoms with Crippen LogP contribution >= 0.6 is 11.8 Å². The third kappa shape index (κ3) is 6.71. The number of nitrogens with zero attached hydrogens (tertiary/aromatic N) is 6. The molecule has 0 radical (unpaired) electrons. The zero-order valence-electron chi connectivity index (χ0n) is 24.4. The lowest BCUT2D eigenvalue weighted by molar-refractivity contribution is 0.102. The molecule has 0 atom stereocenters. The summed E-state index contributed by atoms with van der Waals surface area (Å²) < 4.78 is 5.23. The van der Waals surface area contributed by atoms with Crippen molar-refractivity contribution in [1.82, 2.24) is 19.9 Å². The Bertz CT molecular complexity index is 1630. The van der Waals surface area contributed by atoms with Crippen LogP contribution in [0.4, 0.5) is 11.5 Å². The van der Waals surface area contributed by atoms with Crippen molar-refractivity contribution in [2.24, 2.45) is 0 Å². The van der Waals surface area contributed by atoms with Gasteiger partial charge in [-0.2, -0.15) is 5.26 Å². The summed E-state index contributed by atoms with van der Waals surface area (Å²) in [5.74, 6) is 0.693. The Morgan fingerprint density at radius 1 is 1.10 bits per heavy atom. The van der Waals surface area contributed by atoms with Crippen molar-refractivity contribution in [2.45, 2.75) is 36.1 Å². The Morgan fingerprint density at radius 3 is 2.67 bits per heavy atom. The molecule has 2 aromatic carbocycles. The first kappa shape index (κ1) is 29.5. The lowest BCUT2D eigenvalue weighted by atomic mass is 9.86. The standard InChI is InChI=1S/C32H35N7O2S/c1-22-8-9-23(30(40)36-25-7-5-6-24(19-25)32(2,3)20-33)18-27(22)42-31-29-26(34-21-35-31)10-11-28(37-29)39-14-12-38(13-15-39)16-17-41-4/h5-11,18-19,21H,12-17H2,1-4H3,(H,36,40). The van der Waals surface area contributed by atoms with Crippen LogP contribution in [0.2, 0.25) is 0 Å². The van der Waals surface area contributed by atoms with Crippen molar-refractivity contribution in [3.8, 4) is 6.07 Å². The van der Waals surface area contributed by atoms with Gasteiger partial charge in [-0.25, -0.2) is 15.0 Å². The van der Waals surface area contributed by atoms with Crippen LogP contribution in [-0.4, -0.2) is 72.2 Å². The SMILES string of the molecule is COCCN1CCN(c2ccc3ncnc(Sc4cc(C(=O)Nc5cccc(C(C)(C)C#N)c5)ccc4C)c3n2)CC1. The molecule has 0 saturated carbocycles. The fraction of sp³-hybridized carbons (Fsp3) is 0.344. The van der Waals surface area contributed by atoms with Gasteiger partial charge in [-0.05, 0) is 68.3 Å². The Kier molecular flexibility index (Phi) is 9.02. The first-order valence-electron chi connectivity index (χ1n) is 14.0. The van der Waals surface area contributed by atoms with Gasteiger partial charge in [-0.15, -0.1) is 0 Å². The molecular formula is C32H35N7O2S. The van der Waals surface area contributed by atoms with Crippen molar-refractivity contribution in [3.63, 3.8) is 0 Å². The van der Waals surface area contributed by atoms with Gasteiger partial charge in [0.05, 0.1) is 23.6 Å². The number of nitriles is 1. The van der Waals surface area contributed by atoms with Crippen LogP contribution in [0.5, 0.6) is 0 Å². The quantitative estimate of drug-likeness (QED) is 0.263. The number of amides is 1. The van der Waals surface area contributed by atoms with Gasteiger partial charge in [0.2, 0.25) is 0 Å². The second-order valence-electron chi connectivity index (χ2n) is 10.9. The van der Waals surface area contributed by atoms with Crippen molar-refractivity contribution < 1.29 is 9.53 Å². The number of ether oxygens (including phenoxy) is 1. The lowest BCUT2D eigenvalue weighted by Gasteiger charge is -2.35. The van der Waals surface area contributed by atoms with Gasteiger partial charge >= 0.3 is 0 Å². The molecule has 1 N–H and O–H groups in total. The number of carbonyl (C=O) groups excluding carboxylic acids is 1. The van der Waals surface area contributed by atoms with Crippen LogP contribution < -0.4 is 10.2 Å². The van der Waals surface area contributed by atoms with E-state index < -0.39 is 5.41 Å². The molecule has 3 heterocycles. The van der Waals surface area contributed by atoms with E-state index >= 15 is 0 Å². The summed E-state index contributed by atoms with van der Waals surface area (Å²) in [6.07, 6.45) is 1.56. The van der Waals surface area contributed by atoms with Gasteiger partial charge in [-0.1, -0.05) is 30.0 Å². The van der Waals surface area contributed by atoms with E-state index in [1.54, 1.807) is 13.4 Å². The van der Waals surface area contributed by atoms with E-state index in [4.69, 9.17) is 9.72 Å². The van der Waals surface area contributed by atoms with Gasteiger partial charge in [0.15, 0.2) is 0 Å². The third-order valence-corrected chi connectivity index (χ3v) is 8.67. The maximum Gasteiger partial charge on any atom is 0.255 e. The van der Waals surface area contributed by atoms with Gasteiger partial charge in [0.25, 0.3) is 5.91 Å². The highest BCUT2D eigenvalue weighted by Gasteiger charge is 2.21. The van der Waals surface area contributed by atoms with Crippen LogP contribution in [0.3, 0.4) is 0 Å². The number of aromatic nitrogens is 3. The summed E-state index contributed by atoms with van der Waals surface area (Å²) in [7, 11) is 1.73. The topological polar surface area (TPSA) is 107 Å². The number of pyridine rings is 1. The number of hydrogen-bond acceptors (Lipinski definition) is 9. The molecule has 2 aromatic heterocycles. The van der Waals surface area contributed by atoms with E-state index in [1.165, 1.54) is 11.8 Å². The predicted octanol–water partition coefficient (Wildman–Crippen LogP) is 5.31. The van der Waals surface area contributed by atoms with Crippen molar-refractivity contribution in [3.05, 3.63) is 77.6 Å². The molecule has 4 aromatic rings. The molecule has 1 saturated heterocycles. The molecule has 1 fully saturated rings. The summed E-state index contributed by atoms with van der Waals surface area (Å²) in [5, 5.41) is 13.2. The van der Waals surface area contributed by atoms with Gasteiger partial charge in [-0.3, -0.25) is 9.69 Å². The molecule has 1 aliphatic heterocycles. The normalized spacial score (nSPS) is 14.1. The molecule has 0 spiro atoms. The molecule has 1 amide bonds. The fourth-order valence-corrected chi connectivity index (χ4v) is 5.76. The first-order valence-corrected chi connectivity index (χ1v) is 14.8. The predicted molar refractivity (Wildman–Crippen MR) is 166 cm³/mol. The molecule has 1 aliphatic rings. The molecule has 0 bridgehead atoms. The number of anilines is 2. The molecule has 5 rings (SSSR count). The molecule has 0 unspecified atom stereocenters. The molecule has 0 aliphatic carbocycles. The van der Waals surface area contributed by atoms with Crippen molar-refractivity contribution >= 4 is 40.2 Å². The highest BCUT2D eigenvalue weighted by atomic mass is 32.2. The summed E-state index contributed by atoms with van der Waals surface area (Å²) in [6, 6.07) is 19.4. The number of carbonyl (C=O) groups is 1. The average Bonchev–Trinajstić information content (AvgIpc) is 3.01. The van der Waals surface area contributed by atoms with Gasteiger partial charge in [0, 0.05) is 56.0 Å². The minimum atomic E-state index is -0.652. The number of fused-ring (bicyclic) bond motifs is 1. The Hall–Kier alpha value is -4.04. The monoisotopic (exact) mass is 581 g/mol. The largest absolute Gasteiger partial charge is 0.383 e. The first-order chi connectivity index (χ1) is 20.3. The van der Waals surface area contributed by atoms with E-state index in [9.17, 15) is 10.1 Å². The average molecular weight is 582 g/mol.